The molecule has 0 aromatic rings. The first kappa shape index (κ1) is 48.7. The van der Waals surface area contributed by atoms with Crippen molar-refractivity contribution in [1.82, 2.24) is 0 Å². The maximum atomic E-state index is 6.79. The van der Waals surface area contributed by atoms with Gasteiger partial charge >= 0.3 is 68.5 Å². The second-order valence-corrected chi connectivity index (χ2v) is 55.2. The van der Waals surface area contributed by atoms with Gasteiger partial charge in [0, 0.05) is 0 Å². The first-order valence-corrected chi connectivity index (χ1v) is 46.0. The fourth-order valence-electron chi connectivity index (χ4n) is 6.80. The molecule has 0 aliphatic rings. The quantitative estimate of drug-likeness (QED) is 0.0921. The minimum Gasteiger partial charge on any atom is -0.436 e. The molecule has 4 N–H and O–H groups in total. The fraction of sp³-hybridized carbons (Fsp3) is 1.00. The summed E-state index contributed by atoms with van der Waals surface area (Å²) in [6.45, 7) is 43.8. The lowest BCUT2D eigenvalue weighted by Gasteiger charge is -2.44. The summed E-state index contributed by atoms with van der Waals surface area (Å²) in [5, 5.41) is 0. The van der Waals surface area contributed by atoms with Crippen molar-refractivity contribution >= 4 is 85.1 Å². The maximum Gasteiger partial charge on any atom is 0.314 e. The van der Waals surface area contributed by atoms with Gasteiger partial charge in [0.05, 0.1) is 0 Å². The third kappa shape index (κ3) is 23.1. The zero-order valence-electron chi connectivity index (χ0n) is 34.1. The molecule has 0 spiro atoms. The lowest BCUT2D eigenvalue weighted by atomic mass is 10.5. The van der Waals surface area contributed by atoms with Crippen LogP contribution >= 0.6 is 0 Å². The number of hydrogen-bond acceptors (Lipinski definition) is 11. The van der Waals surface area contributed by atoms with Crippen LogP contribution in [0.15, 0.2) is 0 Å². The van der Waals surface area contributed by atoms with Crippen molar-refractivity contribution in [1.29, 1.82) is 0 Å². The second-order valence-electron chi connectivity index (χ2n) is 17.4. The smallest absolute Gasteiger partial charge is 0.314 e. The predicted octanol–water partition coefficient (Wildman–Crippen LogP) is 7.86. The SMILES string of the molecule is C[Si](C)(CCCN)O[Si](C)(C)O[Si](C)(C)O[Si](C)(C)O[Si](C)(C)O[Si](C)(C)O[Si](C)(C)O[Si](C)(C)O[Si](C)(C)O[Si](C)(C)CCCN. The first-order chi connectivity index (χ1) is 20.5. The van der Waals surface area contributed by atoms with E-state index in [9.17, 15) is 0 Å². The fourth-order valence-corrected chi connectivity index (χ4v) is 57.9. The summed E-state index contributed by atoms with van der Waals surface area (Å²) in [6, 6.07) is 2.05. The van der Waals surface area contributed by atoms with Gasteiger partial charge in [0.25, 0.3) is 0 Å². The molecule has 0 atom stereocenters. The van der Waals surface area contributed by atoms with Crippen LogP contribution in [0.3, 0.4) is 0 Å². The van der Waals surface area contributed by atoms with Gasteiger partial charge < -0.3 is 48.5 Å². The van der Waals surface area contributed by atoms with Gasteiger partial charge in [-0.15, -0.1) is 0 Å². The topological polar surface area (TPSA) is 135 Å². The number of rotatable bonds is 24. The van der Waals surface area contributed by atoms with Crippen molar-refractivity contribution in [3.63, 3.8) is 0 Å². The van der Waals surface area contributed by atoms with Crippen LogP contribution in [-0.2, 0) is 37.0 Å². The molecule has 0 heterocycles. The minimum absolute atomic E-state index is 0.682. The molecule has 0 aromatic carbocycles. The van der Waals surface area contributed by atoms with Crippen molar-refractivity contribution in [3.8, 4) is 0 Å². The molecule has 47 heavy (non-hydrogen) atoms. The van der Waals surface area contributed by atoms with Crippen LogP contribution in [0.5, 0.6) is 0 Å². The van der Waals surface area contributed by atoms with Gasteiger partial charge in [-0.25, -0.2) is 0 Å². The Morgan fingerprint density at radius 1 is 0.277 bits per heavy atom. The zero-order chi connectivity index (χ0) is 37.6. The summed E-state index contributed by atoms with van der Waals surface area (Å²) in [7, 11) is -24.5. The summed E-state index contributed by atoms with van der Waals surface area (Å²) >= 11 is 0. The molecular weight excluding hydrogens is 765 g/mol. The largest absolute Gasteiger partial charge is 0.436 e. The molecular formula is C26H76N2O9Si10. The van der Waals surface area contributed by atoms with Gasteiger partial charge in [-0.05, 0) is 169 Å². The summed E-state index contributed by atoms with van der Waals surface area (Å²) in [5.74, 6) is 0. The van der Waals surface area contributed by atoms with Gasteiger partial charge in [0.1, 0.15) is 0 Å². The van der Waals surface area contributed by atoms with Crippen LogP contribution in [0.1, 0.15) is 12.8 Å². The molecule has 0 unspecified atom stereocenters. The molecule has 0 radical (unpaired) electrons. The molecule has 0 saturated heterocycles. The van der Waals surface area contributed by atoms with Crippen molar-refractivity contribution < 1.29 is 37.0 Å². The molecule has 21 heteroatoms. The third-order valence-electron chi connectivity index (χ3n) is 6.45. The van der Waals surface area contributed by atoms with Crippen LogP contribution < -0.4 is 11.5 Å². The predicted molar refractivity (Wildman–Crippen MR) is 222 cm³/mol. The molecule has 0 amide bonds. The van der Waals surface area contributed by atoms with Gasteiger partial charge in [-0.2, -0.15) is 0 Å². The standard InChI is InChI=1S/C26H76N2O9Si10/c1-38(2,25-21-23-27)29-40(5,6)31-42(9,10)33-44(13,14)35-46(17,18)37-47(19,20)36-45(15,16)34-43(11,12)32-41(7,8)30-39(3,4)26-22-24-28/h21-28H2,1-20H3. The Kier molecular flexibility index (Phi) is 18.4. The van der Waals surface area contributed by atoms with E-state index in [4.69, 9.17) is 48.5 Å². The summed E-state index contributed by atoms with van der Waals surface area (Å²) in [6.07, 6.45) is 1.95. The Bertz CT molecular complexity index is 895. The summed E-state index contributed by atoms with van der Waals surface area (Å²) < 4.78 is 60.6. The van der Waals surface area contributed by atoms with E-state index in [1.165, 1.54) is 0 Å². The van der Waals surface area contributed by atoms with E-state index < -0.39 is 85.1 Å². The van der Waals surface area contributed by atoms with Crippen molar-refractivity contribution in [2.75, 3.05) is 13.1 Å². The monoisotopic (exact) mass is 840 g/mol. The van der Waals surface area contributed by atoms with E-state index in [1.54, 1.807) is 0 Å². The molecule has 0 aliphatic heterocycles. The number of nitrogens with two attached hydrogens (primary N) is 2. The Morgan fingerprint density at radius 2 is 0.426 bits per heavy atom. The Labute approximate surface area is 301 Å². The average Bonchev–Trinajstić information content (AvgIpc) is 2.67. The van der Waals surface area contributed by atoms with Crippen LogP contribution in [0.2, 0.25) is 143 Å². The van der Waals surface area contributed by atoms with E-state index in [1.807, 2.05) is 0 Å². The average molecular weight is 842 g/mol. The van der Waals surface area contributed by atoms with Crippen LogP contribution in [0, 0.1) is 0 Å². The Hall–Kier alpha value is 1.73. The second kappa shape index (κ2) is 17.7. The van der Waals surface area contributed by atoms with Gasteiger partial charge in [0.15, 0.2) is 16.6 Å². The van der Waals surface area contributed by atoms with E-state index in [0.717, 1.165) is 24.9 Å². The molecule has 0 saturated carbocycles. The van der Waals surface area contributed by atoms with Gasteiger partial charge in [0.2, 0.25) is 0 Å². The highest BCUT2D eigenvalue weighted by Gasteiger charge is 2.50. The molecule has 0 fully saturated rings. The van der Waals surface area contributed by atoms with E-state index in [2.05, 4.69) is 131 Å². The molecule has 11 nitrogen and oxygen atoms in total. The number of hydrogen-bond donors (Lipinski definition) is 2. The van der Waals surface area contributed by atoms with Crippen molar-refractivity contribution in [2.45, 2.75) is 156 Å². The first-order valence-electron chi connectivity index (χ1n) is 17.2. The molecule has 0 bridgehead atoms. The lowest BCUT2D eigenvalue weighted by molar-refractivity contribution is 0.257. The van der Waals surface area contributed by atoms with E-state index >= 15 is 0 Å². The van der Waals surface area contributed by atoms with E-state index in [-0.39, 0.29) is 0 Å². The normalized spacial score (nSPS) is 15.4. The highest BCUT2D eigenvalue weighted by molar-refractivity contribution is 6.93. The summed E-state index contributed by atoms with van der Waals surface area (Å²) in [4.78, 5) is 0. The van der Waals surface area contributed by atoms with Crippen molar-refractivity contribution in [2.24, 2.45) is 11.5 Å². The maximum absolute atomic E-state index is 6.79. The highest BCUT2D eigenvalue weighted by Crippen LogP contribution is 2.31. The zero-order valence-corrected chi connectivity index (χ0v) is 44.1. The van der Waals surface area contributed by atoms with Gasteiger partial charge in [-0.1, -0.05) is 0 Å². The van der Waals surface area contributed by atoms with Crippen LogP contribution in [0.4, 0.5) is 0 Å². The Morgan fingerprint density at radius 3 is 0.574 bits per heavy atom. The molecule has 0 aliphatic carbocycles. The third-order valence-corrected chi connectivity index (χ3v) is 45.4. The molecule has 284 valence electrons. The van der Waals surface area contributed by atoms with Crippen LogP contribution in [-0.4, -0.2) is 98.2 Å². The van der Waals surface area contributed by atoms with E-state index in [0.29, 0.717) is 13.1 Å². The van der Waals surface area contributed by atoms with Crippen LogP contribution in [0.25, 0.3) is 0 Å². The minimum atomic E-state index is -2.68. The summed E-state index contributed by atoms with van der Waals surface area (Å²) in [5.41, 5.74) is 11.5. The highest BCUT2D eigenvalue weighted by atomic mass is 28.5. The lowest BCUT2D eigenvalue weighted by Crippen LogP contribution is -2.62. The Balaban J connectivity index is 5.47. The van der Waals surface area contributed by atoms with Gasteiger partial charge in [-0.3, -0.25) is 0 Å². The van der Waals surface area contributed by atoms with Crippen molar-refractivity contribution in [3.05, 3.63) is 0 Å². The molecule has 0 rings (SSSR count). The molecule has 0 aromatic heterocycles.